The van der Waals surface area contributed by atoms with Gasteiger partial charge in [-0.3, -0.25) is 19.2 Å². The third-order valence-corrected chi connectivity index (χ3v) is 8.03. The second kappa shape index (κ2) is 14.3. The van der Waals surface area contributed by atoms with Crippen molar-refractivity contribution in [3.8, 4) is 0 Å². The molecule has 0 aromatic rings. The average molecular weight is 541 g/mol. The van der Waals surface area contributed by atoms with Gasteiger partial charge in [-0.2, -0.15) is 0 Å². The largest absolute Gasteiger partial charge is 0.456 e. The first-order valence-corrected chi connectivity index (χ1v) is 14.5. The fraction of sp³-hybridized carbons (Fsp3) is 0.625. The number of carbonyl (C=O) groups excluding carboxylic acids is 5. The summed E-state index contributed by atoms with van der Waals surface area (Å²) in [6.07, 6.45) is 4.51. The zero-order chi connectivity index (χ0) is 26.8. The number of amides is 4. The first-order chi connectivity index (χ1) is 17.0. The van der Waals surface area contributed by atoms with Gasteiger partial charge in [0.05, 0.1) is 6.42 Å². The van der Waals surface area contributed by atoms with Gasteiger partial charge in [-0.05, 0) is 31.3 Å². The summed E-state index contributed by atoms with van der Waals surface area (Å²) in [5, 5.41) is 10.7. The van der Waals surface area contributed by atoms with Gasteiger partial charge < -0.3 is 26.0 Å². The number of fused-ring (bicyclic) bond motifs is 7. The highest BCUT2D eigenvalue weighted by molar-refractivity contribution is 8.76. The summed E-state index contributed by atoms with van der Waals surface area (Å²) in [5.74, 6) is -2.54. The lowest BCUT2D eigenvalue weighted by Crippen LogP contribution is -2.57. The van der Waals surface area contributed by atoms with Crippen LogP contribution in [0.2, 0.25) is 0 Å². The first-order valence-electron chi connectivity index (χ1n) is 12.0. The maximum Gasteiger partial charge on any atom is 0.329 e. The highest BCUT2D eigenvalue weighted by atomic mass is 33.1. The molecule has 0 aromatic heterocycles. The Bertz CT molecular complexity index is 905. The molecule has 1 saturated heterocycles. The van der Waals surface area contributed by atoms with Crippen LogP contribution in [0, 0.1) is 11.8 Å². The second-order valence-electron chi connectivity index (χ2n) is 9.24. The Balaban J connectivity index is 2.55. The third-order valence-electron chi connectivity index (χ3n) is 5.59. The summed E-state index contributed by atoms with van der Waals surface area (Å²) < 4.78 is 5.65. The van der Waals surface area contributed by atoms with E-state index in [0.29, 0.717) is 12.2 Å². The standard InChI is InChI=1S/C24H36N4O6S2/c1-6-16-21(30)28-20(14(4)5)24(33)34-15-9-7-8-10-35-36-12-17(22(31)25-16)26-23(32)19(13(2)3)27-18(29)11-15/h6-7,9,13-15,17,19-20H,8,10-12H2,1-5H3,(H,25,31)(H,26,32)(H,27,29)(H,28,30)/b9-7+,16-6-/t15-,17?,19+,20+/m1/s1. The Labute approximate surface area is 220 Å². The minimum atomic E-state index is -1.00. The Morgan fingerprint density at radius 2 is 1.64 bits per heavy atom. The summed E-state index contributed by atoms with van der Waals surface area (Å²) >= 11 is 0. The van der Waals surface area contributed by atoms with Crippen molar-refractivity contribution in [2.75, 3.05) is 11.5 Å². The molecule has 10 nitrogen and oxygen atoms in total. The number of hydrogen-bond acceptors (Lipinski definition) is 8. The van der Waals surface area contributed by atoms with E-state index in [4.69, 9.17) is 4.74 Å². The second-order valence-corrected chi connectivity index (χ2v) is 11.9. The van der Waals surface area contributed by atoms with Crippen LogP contribution in [-0.2, 0) is 28.7 Å². The third kappa shape index (κ3) is 8.88. The van der Waals surface area contributed by atoms with Gasteiger partial charge in [0.15, 0.2) is 0 Å². The number of esters is 1. The van der Waals surface area contributed by atoms with Gasteiger partial charge in [-0.15, -0.1) is 0 Å². The lowest BCUT2D eigenvalue weighted by Gasteiger charge is -2.27. The summed E-state index contributed by atoms with van der Waals surface area (Å²) in [7, 11) is 2.95. The highest BCUT2D eigenvalue weighted by Gasteiger charge is 2.33. The molecule has 200 valence electrons. The van der Waals surface area contributed by atoms with Gasteiger partial charge in [-0.25, -0.2) is 4.79 Å². The first kappa shape index (κ1) is 29.8. The van der Waals surface area contributed by atoms with Crippen LogP contribution >= 0.6 is 21.6 Å². The van der Waals surface area contributed by atoms with E-state index in [1.165, 1.54) is 27.7 Å². The molecule has 4 amide bonds. The fourth-order valence-corrected chi connectivity index (χ4v) is 5.66. The minimum absolute atomic E-state index is 0.0445. The zero-order valence-corrected chi connectivity index (χ0v) is 22.9. The molecule has 0 aromatic carbocycles. The van der Waals surface area contributed by atoms with Crippen LogP contribution in [0.25, 0.3) is 0 Å². The number of hydrogen-bond donors (Lipinski definition) is 4. The maximum absolute atomic E-state index is 13.2. The van der Waals surface area contributed by atoms with Crippen LogP contribution in [-0.4, -0.2) is 65.3 Å². The van der Waals surface area contributed by atoms with Crippen LogP contribution < -0.4 is 21.3 Å². The van der Waals surface area contributed by atoms with Crippen molar-refractivity contribution in [3.05, 3.63) is 23.9 Å². The molecular weight excluding hydrogens is 504 g/mol. The lowest BCUT2D eigenvalue weighted by molar-refractivity contribution is -0.153. The lowest BCUT2D eigenvalue weighted by atomic mass is 10.0. The van der Waals surface area contributed by atoms with E-state index in [1.807, 2.05) is 6.08 Å². The fourth-order valence-electron chi connectivity index (χ4n) is 3.50. The van der Waals surface area contributed by atoms with Gasteiger partial charge >= 0.3 is 5.97 Å². The van der Waals surface area contributed by atoms with E-state index in [9.17, 15) is 24.0 Å². The predicted molar refractivity (Wildman–Crippen MR) is 141 cm³/mol. The van der Waals surface area contributed by atoms with E-state index in [0.717, 1.165) is 0 Å². The summed E-state index contributed by atoms with van der Waals surface area (Å²) in [6, 6.07) is -2.86. The Morgan fingerprint density at radius 3 is 2.28 bits per heavy atom. The van der Waals surface area contributed by atoms with Crippen molar-refractivity contribution in [2.24, 2.45) is 11.8 Å². The van der Waals surface area contributed by atoms with Gasteiger partial charge in [0.25, 0.3) is 5.91 Å². The smallest absolute Gasteiger partial charge is 0.329 e. The Kier molecular flexibility index (Phi) is 11.8. The van der Waals surface area contributed by atoms with Crippen LogP contribution in [0.15, 0.2) is 23.9 Å². The molecule has 4 N–H and O–H groups in total. The SMILES string of the molecule is C/C=C1\NC(=O)C2CSSCC/C=C/[C@H](CC(=O)N[C@@H](C(C)C)C(=O)N2)OC(=O)[C@H](C(C)C)NC1=O. The van der Waals surface area contributed by atoms with Gasteiger partial charge in [-0.1, -0.05) is 61.4 Å². The highest BCUT2D eigenvalue weighted by Crippen LogP contribution is 2.24. The van der Waals surface area contributed by atoms with Gasteiger partial charge in [0, 0.05) is 11.5 Å². The molecule has 2 heterocycles. The van der Waals surface area contributed by atoms with Gasteiger partial charge in [0.1, 0.15) is 29.9 Å². The number of allylic oxidation sites excluding steroid dienone is 2. The average Bonchev–Trinajstić information content (AvgIpc) is 2.81. The van der Waals surface area contributed by atoms with Crippen LogP contribution in [0.5, 0.6) is 0 Å². The molecule has 2 rings (SSSR count). The molecule has 2 aliphatic rings. The van der Waals surface area contributed by atoms with Crippen LogP contribution in [0.4, 0.5) is 0 Å². The van der Waals surface area contributed by atoms with E-state index in [1.54, 1.807) is 40.7 Å². The van der Waals surface area contributed by atoms with E-state index >= 15 is 0 Å². The Morgan fingerprint density at radius 1 is 0.944 bits per heavy atom. The predicted octanol–water partition coefficient (Wildman–Crippen LogP) is 1.43. The summed E-state index contributed by atoms with van der Waals surface area (Å²) in [4.78, 5) is 65.2. The maximum atomic E-state index is 13.2. The van der Waals surface area contributed by atoms with E-state index in [-0.39, 0.29) is 29.7 Å². The number of nitrogens with one attached hydrogen (secondary N) is 4. The van der Waals surface area contributed by atoms with Crippen molar-refractivity contribution < 1.29 is 28.7 Å². The Hall–Kier alpha value is -2.47. The topological polar surface area (TPSA) is 143 Å². The van der Waals surface area contributed by atoms with Gasteiger partial charge in [0.2, 0.25) is 17.7 Å². The van der Waals surface area contributed by atoms with Crippen molar-refractivity contribution in [3.63, 3.8) is 0 Å². The van der Waals surface area contributed by atoms with Crippen molar-refractivity contribution in [2.45, 2.75) is 71.7 Å². The molecule has 4 atom stereocenters. The van der Waals surface area contributed by atoms with Crippen molar-refractivity contribution in [1.29, 1.82) is 0 Å². The molecule has 0 radical (unpaired) electrons. The summed E-state index contributed by atoms with van der Waals surface area (Å²) in [5.41, 5.74) is -0.0445. The monoisotopic (exact) mass is 540 g/mol. The van der Waals surface area contributed by atoms with Crippen LogP contribution in [0.3, 0.4) is 0 Å². The minimum Gasteiger partial charge on any atom is -0.456 e. The molecule has 1 fully saturated rings. The molecule has 2 aliphatic heterocycles. The number of carbonyl (C=O) groups is 5. The van der Waals surface area contributed by atoms with Crippen molar-refractivity contribution >= 4 is 51.2 Å². The molecule has 2 bridgehead atoms. The molecule has 0 saturated carbocycles. The van der Waals surface area contributed by atoms with Crippen molar-refractivity contribution in [1.82, 2.24) is 21.3 Å². The van der Waals surface area contributed by atoms with E-state index < -0.39 is 53.8 Å². The van der Waals surface area contributed by atoms with E-state index in [2.05, 4.69) is 21.3 Å². The number of ether oxygens (including phenoxy) is 1. The zero-order valence-electron chi connectivity index (χ0n) is 21.3. The molecule has 36 heavy (non-hydrogen) atoms. The quantitative estimate of drug-likeness (QED) is 0.178. The number of rotatable bonds is 2. The molecule has 1 unspecified atom stereocenters. The normalized spacial score (nSPS) is 29.6. The summed E-state index contributed by atoms with van der Waals surface area (Å²) in [6.45, 7) is 8.66. The molecule has 0 aliphatic carbocycles. The van der Waals surface area contributed by atoms with Crippen LogP contribution in [0.1, 0.15) is 47.5 Å². The molecular formula is C24H36N4O6S2. The molecule has 0 spiro atoms. The molecule has 12 heteroatoms.